The minimum Gasteiger partial charge on any atom is -0.361 e. The number of hydrogen-bond donors (Lipinski definition) is 0. The molecule has 0 saturated heterocycles. The number of hydrogen-bond acceptors (Lipinski definition) is 7. The van der Waals surface area contributed by atoms with Crippen molar-refractivity contribution in [2.45, 2.75) is 90.4 Å². The number of rotatable bonds is 17. The zero-order valence-corrected chi connectivity index (χ0v) is 22.8. The van der Waals surface area contributed by atoms with E-state index < -0.39 is 17.7 Å². The topological polar surface area (TPSA) is 85.5 Å². The molecular formula is C30H36F3N3O4. The number of halogens is 3. The van der Waals surface area contributed by atoms with Crippen LogP contribution in [0.4, 0.5) is 13.2 Å². The Morgan fingerprint density at radius 1 is 0.875 bits per heavy atom. The SMILES string of the molecule is CCCCCCCCCCCc1noc(-c2ccc(CN(Cc3ccc(C(F)(F)F)cc3)OC(=O)C=O)cc2)n1. The molecule has 0 aliphatic carbocycles. The third-order valence-corrected chi connectivity index (χ3v) is 6.49. The summed E-state index contributed by atoms with van der Waals surface area (Å²) in [6.45, 7) is 2.32. The van der Waals surface area contributed by atoms with Crippen molar-refractivity contribution >= 4 is 12.3 Å². The zero-order chi connectivity index (χ0) is 28.8. The van der Waals surface area contributed by atoms with E-state index in [9.17, 15) is 22.8 Å². The number of nitrogens with zero attached hydrogens (tertiary/aromatic N) is 3. The second-order valence-corrected chi connectivity index (χ2v) is 9.81. The molecule has 3 rings (SSSR count). The van der Waals surface area contributed by atoms with E-state index in [-0.39, 0.29) is 19.4 Å². The Bertz CT molecular complexity index is 1180. The highest BCUT2D eigenvalue weighted by molar-refractivity contribution is 6.20. The van der Waals surface area contributed by atoms with Crippen LogP contribution in [-0.4, -0.2) is 27.5 Å². The minimum absolute atomic E-state index is 0.00859. The zero-order valence-electron chi connectivity index (χ0n) is 22.8. The molecule has 10 heteroatoms. The fourth-order valence-electron chi connectivity index (χ4n) is 4.29. The highest BCUT2D eigenvalue weighted by Gasteiger charge is 2.30. The van der Waals surface area contributed by atoms with Crippen LogP contribution >= 0.6 is 0 Å². The van der Waals surface area contributed by atoms with Gasteiger partial charge in [-0.2, -0.15) is 18.2 Å². The monoisotopic (exact) mass is 559 g/mol. The molecule has 0 amide bonds. The first-order valence-corrected chi connectivity index (χ1v) is 13.8. The van der Waals surface area contributed by atoms with Gasteiger partial charge in [-0.1, -0.05) is 87.7 Å². The Morgan fingerprint density at radius 3 is 1.98 bits per heavy atom. The van der Waals surface area contributed by atoms with Crippen LogP contribution in [-0.2, 0) is 40.1 Å². The van der Waals surface area contributed by atoms with Crippen LogP contribution in [0.3, 0.4) is 0 Å². The summed E-state index contributed by atoms with van der Waals surface area (Å²) in [6.07, 6.45) is 7.53. The number of aryl methyl sites for hydroxylation is 1. The number of alkyl halides is 3. The lowest BCUT2D eigenvalue weighted by molar-refractivity contribution is -0.195. The number of unbranched alkanes of at least 4 members (excludes halogenated alkanes) is 8. The van der Waals surface area contributed by atoms with Crippen molar-refractivity contribution in [1.82, 2.24) is 15.2 Å². The van der Waals surface area contributed by atoms with Crippen LogP contribution < -0.4 is 0 Å². The van der Waals surface area contributed by atoms with Gasteiger partial charge in [0.15, 0.2) is 5.82 Å². The molecule has 0 atom stereocenters. The van der Waals surface area contributed by atoms with Crippen LogP contribution in [0.1, 0.15) is 87.2 Å². The molecule has 0 aliphatic heterocycles. The second-order valence-electron chi connectivity index (χ2n) is 9.81. The average molecular weight is 560 g/mol. The molecular weight excluding hydrogens is 523 g/mol. The van der Waals surface area contributed by atoms with Gasteiger partial charge in [0, 0.05) is 12.0 Å². The molecule has 0 aliphatic rings. The number of hydroxylamine groups is 2. The third-order valence-electron chi connectivity index (χ3n) is 6.49. The molecule has 7 nitrogen and oxygen atoms in total. The molecule has 1 heterocycles. The molecule has 3 aromatic rings. The highest BCUT2D eigenvalue weighted by atomic mass is 19.4. The molecule has 0 bridgehead atoms. The number of aldehydes is 1. The van der Waals surface area contributed by atoms with Crippen LogP contribution in [0, 0.1) is 0 Å². The standard InChI is InChI=1S/C30H36F3N3O4/c1-2-3-4-5-6-7-8-9-10-11-27-34-29(39-35-27)25-16-12-23(13-17-25)20-36(40-28(38)22-37)21-24-14-18-26(19-15-24)30(31,32)33/h12-19,22H,2-11,20-21H2,1H3. The summed E-state index contributed by atoms with van der Waals surface area (Å²) in [4.78, 5) is 32.0. The summed E-state index contributed by atoms with van der Waals surface area (Å²) in [5, 5.41) is 5.30. The molecule has 40 heavy (non-hydrogen) atoms. The van der Waals surface area contributed by atoms with Gasteiger partial charge >= 0.3 is 12.1 Å². The summed E-state index contributed by atoms with van der Waals surface area (Å²) >= 11 is 0. The Labute approximate surface area is 232 Å². The predicted octanol–water partition coefficient (Wildman–Crippen LogP) is 7.49. The lowest BCUT2D eigenvalue weighted by Crippen LogP contribution is -2.27. The predicted molar refractivity (Wildman–Crippen MR) is 144 cm³/mol. The maximum atomic E-state index is 12.8. The van der Waals surface area contributed by atoms with Crippen molar-refractivity contribution in [1.29, 1.82) is 0 Å². The summed E-state index contributed by atoms with van der Waals surface area (Å²) in [5.74, 6) is -0.0223. The molecule has 0 radical (unpaired) electrons. The molecule has 0 N–H and O–H groups in total. The van der Waals surface area contributed by atoms with Gasteiger partial charge in [0.25, 0.3) is 5.89 Å². The number of carbonyl (C=O) groups excluding carboxylic acids is 2. The van der Waals surface area contributed by atoms with Gasteiger partial charge in [-0.05, 0) is 41.8 Å². The van der Waals surface area contributed by atoms with Crippen LogP contribution in [0.5, 0.6) is 0 Å². The molecule has 1 aromatic heterocycles. The van der Waals surface area contributed by atoms with E-state index in [2.05, 4.69) is 17.1 Å². The van der Waals surface area contributed by atoms with Gasteiger partial charge in [0.05, 0.1) is 18.7 Å². The van der Waals surface area contributed by atoms with Crippen molar-refractivity contribution in [3.8, 4) is 11.5 Å². The summed E-state index contributed by atoms with van der Waals surface area (Å²) < 4.78 is 44.0. The normalized spacial score (nSPS) is 11.6. The van der Waals surface area contributed by atoms with Crippen LogP contribution in [0.15, 0.2) is 53.1 Å². The summed E-state index contributed by atoms with van der Waals surface area (Å²) in [7, 11) is 0. The quantitative estimate of drug-likeness (QED) is 0.0733. The molecule has 0 saturated carbocycles. The smallest absolute Gasteiger partial charge is 0.361 e. The van der Waals surface area contributed by atoms with Gasteiger partial charge < -0.3 is 9.36 Å². The van der Waals surface area contributed by atoms with Crippen molar-refractivity contribution < 1.29 is 32.1 Å². The fraction of sp³-hybridized carbons (Fsp3) is 0.467. The molecule has 2 aromatic carbocycles. The summed E-state index contributed by atoms with van der Waals surface area (Å²) in [6, 6.07) is 11.7. The van der Waals surface area contributed by atoms with Gasteiger partial charge in [-0.15, -0.1) is 5.06 Å². The molecule has 0 spiro atoms. The van der Waals surface area contributed by atoms with Crippen LogP contribution in [0.2, 0.25) is 0 Å². The van der Waals surface area contributed by atoms with Crippen molar-refractivity contribution in [2.24, 2.45) is 0 Å². The van der Waals surface area contributed by atoms with E-state index in [4.69, 9.17) is 9.36 Å². The van der Waals surface area contributed by atoms with Gasteiger partial charge in [-0.3, -0.25) is 4.79 Å². The maximum absolute atomic E-state index is 12.8. The number of benzene rings is 2. The number of aromatic nitrogens is 2. The third kappa shape index (κ3) is 10.6. The maximum Gasteiger partial charge on any atom is 0.416 e. The molecule has 0 fully saturated rings. The first kappa shape index (κ1) is 31.0. The first-order valence-electron chi connectivity index (χ1n) is 13.8. The summed E-state index contributed by atoms with van der Waals surface area (Å²) in [5.41, 5.74) is 1.17. The van der Waals surface area contributed by atoms with Crippen LogP contribution in [0.25, 0.3) is 11.5 Å². The first-order chi connectivity index (χ1) is 19.3. The van der Waals surface area contributed by atoms with E-state index in [1.165, 1.54) is 62.1 Å². The Hall–Kier alpha value is -3.53. The second kappa shape index (κ2) is 15.9. The molecule has 216 valence electrons. The Morgan fingerprint density at radius 2 is 1.43 bits per heavy atom. The van der Waals surface area contributed by atoms with Crippen molar-refractivity contribution in [2.75, 3.05) is 0 Å². The van der Waals surface area contributed by atoms with Gasteiger partial charge in [-0.25, -0.2) is 4.79 Å². The largest absolute Gasteiger partial charge is 0.416 e. The number of carbonyl (C=O) groups is 2. The Kier molecular flexibility index (Phi) is 12.3. The fourth-order valence-corrected chi connectivity index (χ4v) is 4.29. The van der Waals surface area contributed by atoms with Gasteiger partial charge in [0.2, 0.25) is 6.29 Å². The van der Waals surface area contributed by atoms with E-state index >= 15 is 0 Å². The lowest BCUT2D eigenvalue weighted by atomic mass is 10.1. The minimum atomic E-state index is -4.45. The van der Waals surface area contributed by atoms with Crippen molar-refractivity contribution in [3.63, 3.8) is 0 Å². The lowest BCUT2D eigenvalue weighted by Gasteiger charge is -2.20. The molecule has 0 unspecified atom stereocenters. The van der Waals surface area contributed by atoms with E-state index in [1.807, 2.05) is 0 Å². The van der Waals surface area contributed by atoms with Gasteiger partial charge in [0.1, 0.15) is 0 Å². The Balaban J connectivity index is 1.51. The van der Waals surface area contributed by atoms with E-state index in [1.54, 1.807) is 24.3 Å². The van der Waals surface area contributed by atoms with E-state index in [0.29, 0.717) is 17.3 Å². The van der Waals surface area contributed by atoms with Crippen molar-refractivity contribution in [3.05, 3.63) is 71.0 Å². The highest BCUT2D eigenvalue weighted by Crippen LogP contribution is 2.29. The average Bonchev–Trinajstić information content (AvgIpc) is 3.41. The van der Waals surface area contributed by atoms with E-state index in [0.717, 1.165) is 42.5 Å².